The van der Waals surface area contributed by atoms with Crippen LogP contribution in [0, 0.1) is 0 Å². The first-order valence-electron chi connectivity index (χ1n) is 6.76. The fourth-order valence-corrected chi connectivity index (χ4v) is 3.76. The molecule has 2 rings (SSSR count). The number of aryl methyl sites for hydroxylation is 1. The van der Waals surface area contributed by atoms with E-state index in [0.29, 0.717) is 24.3 Å². The second kappa shape index (κ2) is 7.42. The highest BCUT2D eigenvalue weighted by Gasteiger charge is 2.16. The molecule has 0 aliphatic carbocycles. The minimum absolute atomic E-state index is 0.0848. The van der Waals surface area contributed by atoms with E-state index in [2.05, 4.69) is 15.0 Å². The maximum atomic E-state index is 12.3. The Morgan fingerprint density at radius 1 is 1.30 bits per heavy atom. The second-order valence-corrected chi connectivity index (χ2v) is 7.14. The maximum Gasteiger partial charge on any atom is 0.263 e. The molecule has 0 aliphatic rings. The monoisotopic (exact) mass is 355 g/mol. The van der Waals surface area contributed by atoms with Crippen LogP contribution < -0.4 is 14.8 Å². The van der Waals surface area contributed by atoms with E-state index in [4.69, 9.17) is 4.74 Å². The lowest BCUT2D eigenvalue weighted by atomic mass is 10.2. The number of amides is 1. The first kappa shape index (κ1) is 17.2. The number of carbonyl (C=O) groups is 1. The zero-order valence-corrected chi connectivity index (χ0v) is 14.3. The van der Waals surface area contributed by atoms with Crippen molar-refractivity contribution in [1.29, 1.82) is 0 Å². The fourth-order valence-electron chi connectivity index (χ4n) is 1.76. The van der Waals surface area contributed by atoms with Crippen LogP contribution in [-0.2, 0) is 21.2 Å². The highest BCUT2D eigenvalue weighted by molar-refractivity contribution is 7.93. The predicted molar refractivity (Wildman–Crippen MR) is 88.3 cm³/mol. The number of nitrogens with zero attached hydrogens (tertiary/aromatic N) is 1. The minimum atomic E-state index is -3.70. The van der Waals surface area contributed by atoms with Gasteiger partial charge in [0.25, 0.3) is 10.0 Å². The van der Waals surface area contributed by atoms with Crippen molar-refractivity contribution in [2.75, 3.05) is 18.9 Å². The second-order valence-electron chi connectivity index (χ2n) is 4.60. The Labute approximate surface area is 138 Å². The van der Waals surface area contributed by atoms with Gasteiger partial charge in [0.05, 0.1) is 17.7 Å². The van der Waals surface area contributed by atoms with Gasteiger partial charge in [0.1, 0.15) is 5.75 Å². The number of rotatable bonds is 7. The van der Waals surface area contributed by atoms with Crippen molar-refractivity contribution < 1.29 is 17.9 Å². The Balaban J connectivity index is 2.05. The van der Waals surface area contributed by atoms with Crippen molar-refractivity contribution in [2.45, 2.75) is 17.7 Å². The van der Waals surface area contributed by atoms with Crippen LogP contribution in [0.5, 0.6) is 5.75 Å². The highest BCUT2D eigenvalue weighted by atomic mass is 32.2. The van der Waals surface area contributed by atoms with Gasteiger partial charge >= 0.3 is 0 Å². The molecule has 1 aromatic carbocycles. The van der Waals surface area contributed by atoms with Gasteiger partial charge in [0.2, 0.25) is 5.91 Å². The van der Waals surface area contributed by atoms with Gasteiger partial charge in [-0.1, -0.05) is 0 Å². The predicted octanol–water partition coefficient (Wildman–Crippen LogP) is 1.63. The smallest absolute Gasteiger partial charge is 0.263 e. The van der Waals surface area contributed by atoms with Crippen molar-refractivity contribution in [1.82, 2.24) is 10.3 Å². The van der Waals surface area contributed by atoms with Crippen molar-refractivity contribution in [3.8, 4) is 5.75 Å². The van der Waals surface area contributed by atoms with Crippen LogP contribution in [0.15, 0.2) is 34.5 Å². The number of anilines is 1. The van der Waals surface area contributed by atoms with Gasteiger partial charge in [-0.3, -0.25) is 9.52 Å². The third-order valence-electron chi connectivity index (χ3n) is 3.03. The Hall–Kier alpha value is -2.13. The summed E-state index contributed by atoms with van der Waals surface area (Å²) in [6, 6.07) is 6.07. The summed E-state index contributed by atoms with van der Waals surface area (Å²) >= 11 is 1.18. The van der Waals surface area contributed by atoms with Gasteiger partial charge in [0.15, 0.2) is 5.13 Å². The number of hydrogen-bond acceptors (Lipinski definition) is 6. The molecule has 7 nitrogen and oxygen atoms in total. The molecule has 9 heteroatoms. The molecule has 0 atom stereocenters. The van der Waals surface area contributed by atoms with Gasteiger partial charge < -0.3 is 10.1 Å². The lowest BCUT2D eigenvalue weighted by Gasteiger charge is -2.06. The van der Waals surface area contributed by atoms with Crippen molar-refractivity contribution in [3.63, 3.8) is 0 Å². The summed E-state index contributed by atoms with van der Waals surface area (Å²) in [4.78, 5) is 15.5. The van der Waals surface area contributed by atoms with Crippen LogP contribution in [0.2, 0.25) is 0 Å². The van der Waals surface area contributed by atoms with Crippen molar-refractivity contribution in [2.24, 2.45) is 0 Å². The Morgan fingerprint density at radius 3 is 2.61 bits per heavy atom. The van der Waals surface area contributed by atoms with E-state index in [1.807, 2.05) is 0 Å². The maximum absolute atomic E-state index is 12.3. The number of carbonyl (C=O) groups excluding carboxylic acids is 1. The molecule has 0 spiro atoms. The average molecular weight is 355 g/mol. The summed E-state index contributed by atoms with van der Waals surface area (Å²) in [5.74, 6) is 0.494. The largest absolute Gasteiger partial charge is 0.497 e. The van der Waals surface area contributed by atoms with E-state index in [0.717, 1.165) is 0 Å². The Morgan fingerprint density at radius 2 is 2.00 bits per heavy atom. The van der Waals surface area contributed by atoms with E-state index >= 15 is 0 Å². The SMILES string of the molecule is CNC(=O)CCc1csc(NS(=O)(=O)c2ccc(OC)cc2)n1. The van der Waals surface area contributed by atoms with Crippen molar-refractivity contribution in [3.05, 3.63) is 35.3 Å². The van der Waals surface area contributed by atoms with Crippen LogP contribution in [0.1, 0.15) is 12.1 Å². The summed E-state index contributed by atoms with van der Waals surface area (Å²) in [5.41, 5.74) is 0.672. The molecule has 0 fully saturated rings. The number of thiazole rings is 1. The number of sulfonamides is 1. The molecule has 0 saturated heterocycles. The van der Waals surface area contributed by atoms with Gasteiger partial charge in [-0.25, -0.2) is 13.4 Å². The van der Waals surface area contributed by atoms with E-state index in [1.54, 1.807) is 24.6 Å². The summed E-state index contributed by atoms with van der Waals surface area (Å²) in [6.45, 7) is 0. The molecule has 2 aromatic rings. The van der Waals surface area contributed by atoms with Crippen LogP contribution in [0.25, 0.3) is 0 Å². The summed E-state index contributed by atoms with van der Waals surface area (Å²) in [6.07, 6.45) is 0.769. The van der Waals surface area contributed by atoms with E-state index in [9.17, 15) is 13.2 Å². The highest BCUT2D eigenvalue weighted by Crippen LogP contribution is 2.22. The van der Waals surface area contributed by atoms with Gasteiger partial charge in [-0.15, -0.1) is 11.3 Å². The van der Waals surface area contributed by atoms with E-state index in [-0.39, 0.29) is 15.9 Å². The number of ether oxygens (including phenoxy) is 1. The topological polar surface area (TPSA) is 97.4 Å². The summed E-state index contributed by atoms with van der Waals surface area (Å²) in [7, 11) is -0.619. The number of benzene rings is 1. The lowest BCUT2D eigenvalue weighted by Crippen LogP contribution is -2.18. The quantitative estimate of drug-likeness (QED) is 0.787. The molecule has 0 bridgehead atoms. The average Bonchev–Trinajstić information content (AvgIpc) is 2.99. The van der Waals surface area contributed by atoms with Gasteiger partial charge in [-0.05, 0) is 30.7 Å². The van der Waals surface area contributed by atoms with Crippen molar-refractivity contribution >= 4 is 32.4 Å². The number of aromatic nitrogens is 1. The molecule has 0 saturated carbocycles. The molecule has 2 N–H and O–H groups in total. The molecule has 0 unspecified atom stereocenters. The number of methoxy groups -OCH3 is 1. The van der Waals surface area contributed by atoms with Crippen LogP contribution in [0.3, 0.4) is 0 Å². The molecule has 124 valence electrons. The number of hydrogen-bond donors (Lipinski definition) is 2. The molecular formula is C14H17N3O4S2. The molecule has 0 aliphatic heterocycles. The molecule has 1 amide bonds. The van der Waals surface area contributed by atoms with Gasteiger partial charge in [0, 0.05) is 18.8 Å². The lowest BCUT2D eigenvalue weighted by molar-refractivity contribution is -0.120. The minimum Gasteiger partial charge on any atom is -0.497 e. The fraction of sp³-hybridized carbons (Fsp3) is 0.286. The third-order valence-corrected chi connectivity index (χ3v) is 5.32. The Bertz CT molecular complexity index is 770. The third kappa shape index (κ3) is 4.67. The molecule has 1 aromatic heterocycles. The zero-order valence-electron chi connectivity index (χ0n) is 12.7. The Kier molecular flexibility index (Phi) is 5.56. The molecular weight excluding hydrogens is 338 g/mol. The van der Waals surface area contributed by atoms with Crippen LogP contribution >= 0.6 is 11.3 Å². The molecule has 23 heavy (non-hydrogen) atoms. The van der Waals surface area contributed by atoms with E-state index < -0.39 is 10.0 Å². The van der Waals surface area contributed by atoms with Crippen LogP contribution in [-0.4, -0.2) is 33.5 Å². The normalized spacial score (nSPS) is 11.0. The van der Waals surface area contributed by atoms with Gasteiger partial charge in [-0.2, -0.15) is 0 Å². The summed E-state index contributed by atoms with van der Waals surface area (Å²) < 4.78 is 32.0. The first-order chi connectivity index (χ1) is 10.9. The molecule has 0 radical (unpaired) electrons. The first-order valence-corrected chi connectivity index (χ1v) is 9.13. The molecule has 1 heterocycles. The number of nitrogens with one attached hydrogen (secondary N) is 2. The van der Waals surface area contributed by atoms with Crippen LogP contribution in [0.4, 0.5) is 5.13 Å². The zero-order chi connectivity index (χ0) is 16.9. The summed E-state index contributed by atoms with van der Waals surface area (Å²) in [5, 5.41) is 4.53. The van der Waals surface area contributed by atoms with E-state index in [1.165, 1.54) is 30.6 Å². The standard InChI is InChI=1S/C14H17N3O4S2/c1-15-13(18)8-3-10-9-22-14(16-10)17-23(19,20)12-6-4-11(21-2)5-7-12/h4-7,9H,3,8H2,1-2H3,(H,15,18)(H,16,17).